The largest absolute Gasteiger partial charge is 0.485 e. The zero-order valence-electron chi connectivity index (χ0n) is 13.1. The van der Waals surface area contributed by atoms with Crippen molar-refractivity contribution in [2.45, 2.75) is 50.7 Å². The number of likely N-dealkylation sites (N-methyl/N-ethyl adjacent to an activating group) is 1. The van der Waals surface area contributed by atoms with Gasteiger partial charge in [-0.25, -0.2) is 0 Å². The molecule has 0 saturated carbocycles. The lowest BCUT2D eigenvalue weighted by Gasteiger charge is -2.57. The van der Waals surface area contributed by atoms with Crippen LogP contribution in [0, 0.1) is 12.8 Å². The van der Waals surface area contributed by atoms with Crippen LogP contribution in [0.25, 0.3) is 0 Å². The molecule has 5 rings (SSSR count). The monoisotopic (exact) mass is 281 g/mol. The summed E-state index contributed by atoms with van der Waals surface area (Å²) in [4.78, 5) is 2.60. The van der Waals surface area contributed by atoms with Crippen LogP contribution in [0.3, 0.4) is 0 Å². The quantitative estimate of drug-likeness (QED) is 0.677. The molecule has 2 heteroatoms. The molecule has 1 aromatic carbocycles. The minimum absolute atomic E-state index is 0.269. The number of allylic oxidation sites excluding steroid dienone is 1. The molecule has 2 bridgehead atoms. The molecule has 21 heavy (non-hydrogen) atoms. The molecule has 0 N–H and O–H groups in total. The molecule has 2 nitrogen and oxygen atoms in total. The molecule has 0 radical (unpaired) electrons. The third-order valence-corrected chi connectivity index (χ3v) is 6.72. The summed E-state index contributed by atoms with van der Waals surface area (Å²) in [6, 6.07) is 5.32. The van der Waals surface area contributed by atoms with Crippen molar-refractivity contribution in [3.8, 4) is 5.75 Å². The molecular weight excluding hydrogens is 258 g/mol. The van der Waals surface area contributed by atoms with Crippen molar-refractivity contribution in [3.05, 3.63) is 40.5 Å². The fourth-order valence-corrected chi connectivity index (χ4v) is 5.72. The fourth-order valence-electron chi connectivity index (χ4n) is 5.72. The molecule has 0 amide bonds. The Labute approximate surface area is 126 Å². The summed E-state index contributed by atoms with van der Waals surface area (Å²) in [5, 5.41) is 0. The summed E-state index contributed by atoms with van der Waals surface area (Å²) in [6.45, 7) is 5.69. The molecule has 4 unspecified atom stereocenters. The Balaban J connectivity index is 1.85. The van der Waals surface area contributed by atoms with E-state index < -0.39 is 0 Å². The first-order chi connectivity index (χ1) is 10.1. The van der Waals surface area contributed by atoms with Crippen molar-refractivity contribution in [2.75, 3.05) is 13.6 Å². The number of ether oxygens (including phenoxy) is 1. The highest BCUT2D eigenvalue weighted by atomic mass is 16.5. The average Bonchev–Trinajstić information content (AvgIpc) is 2.83. The van der Waals surface area contributed by atoms with Gasteiger partial charge in [-0.3, -0.25) is 0 Å². The fraction of sp³-hybridized carbons (Fsp3) is 0.579. The maximum atomic E-state index is 6.57. The van der Waals surface area contributed by atoms with E-state index in [1.165, 1.54) is 42.7 Å². The minimum Gasteiger partial charge on any atom is -0.485 e. The summed E-state index contributed by atoms with van der Waals surface area (Å²) in [7, 11) is 2.31. The molecule has 110 valence electrons. The second kappa shape index (κ2) is 3.73. The van der Waals surface area contributed by atoms with Crippen LogP contribution in [0.5, 0.6) is 5.75 Å². The van der Waals surface area contributed by atoms with Crippen LogP contribution in [0.4, 0.5) is 0 Å². The topological polar surface area (TPSA) is 12.5 Å². The molecule has 1 fully saturated rings. The van der Waals surface area contributed by atoms with Gasteiger partial charge in [0, 0.05) is 17.0 Å². The van der Waals surface area contributed by atoms with Gasteiger partial charge >= 0.3 is 0 Å². The lowest BCUT2D eigenvalue weighted by molar-refractivity contribution is -0.00805. The maximum Gasteiger partial charge on any atom is 0.130 e. The van der Waals surface area contributed by atoms with E-state index in [-0.39, 0.29) is 5.41 Å². The predicted octanol–water partition coefficient (Wildman–Crippen LogP) is 3.22. The van der Waals surface area contributed by atoms with E-state index in [4.69, 9.17) is 4.74 Å². The van der Waals surface area contributed by atoms with Crippen molar-refractivity contribution in [2.24, 2.45) is 5.92 Å². The molecule has 4 atom stereocenters. The van der Waals surface area contributed by atoms with Crippen LogP contribution in [0.2, 0.25) is 0 Å². The summed E-state index contributed by atoms with van der Waals surface area (Å²) < 4.78 is 6.57. The standard InChI is InChI=1S/C19H23NO/c1-11-4-6-13-10-15-14-7-5-12(2)18-19(14,8-9-20(15)3)16(13)17(11)21-18/h4-6,14-15,18H,7-10H2,1-3H3. The Morgan fingerprint density at radius 1 is 1.29 bits per heavy atom. The van der Waals surface area contributed by atoms with Crippen LogP contribution in [0.15, 0.2) is 23.8 Å². The lowest BCUT2D eigenvalue weighted by Crippen LogP contribution is -2.63. The Kier molecular flexibility index (Phi) is 2.18. The van der Waals surface area contributed by atoms with Crippen molar-refractivity contribution in [1.82, 2.24) is 4.90 Å². The number of nitrogens with zero attached hydrogens (tertiary/aromatic N) is 1. The average molecular weight is 281 g/mol. The van der Waals surface area contributed by atoms with Crippen LogP contribution >= 0.6 is 0 Å². The van der Waals surface area contributed by atoms with Crippen molar-refractivity contribution < 1.29 is 4.74 Å². The molecule has 4 aliphatic rings. The zero-order valence-corrected chi connectivity index (χ0v) is 13.1. The first-order valence-corrected chi connectivity index (χ1v) is 8.29. The van der Waals surface area contributed by atoms with E-state index in [2.05, 4.69) is 44.0 Å². The van der Waals surface area contributed by atoms with E-state index in [0.29, 0.717) is 12.1 Å². The molecular formula is C19H23NO. The lowest BCUT2D eigenvalue weighted by atomic mass is 9.52. The number of hydrogen-bond acceptors (Lipinski definition) is 2. The second-order valence-corrected chi connectivity index (χ2v) is 7.58. The van der Waals surface area contributed by atoms with Crippen molar-refractivity contribution >= 4 is 0 Å². The van der Waals surface area contributed by atoms with E-state index in [1.54, 1.807) is 11.1 Å². The predicted molar refractivity (Wildman–Crippen MR) is 83.9 cm³/mol. The number of hydrogen-bond donors (Lipinski definition) is 0. The van der Waals surface area contributed by atoms with E-state index >= 15 is 0 Å². The van der Waals surface area contributed by atoms with Gasteiger partial charge in [0.25, 0.3) is 0 Å². The molecule has 1 spiro atoms. The summed E-state index contributed by atoms with van der Waals surface area (Å²) in [5.74, 6) is 1.96. The highest BCUT2D eigenvalue weighted by Crippen LogP contribution is 2.62. The Hall–Kier alpha value is -1.28. The zero-order chi connectivity index (χ0) is 14.4. The van der Waals surface area contributed by atoms with E-state index in [0.717, 1.165) is 5.92 Å². The minimum atomic E-state index is 0.269. The van der Waals surface area contributed by atoms with Gasteiger partial charge in [-0.1, -0.05) is 18.2 Å². The van der Waals surface area contributed by atoms with Gasteiger partial charge in [0.1, 0.15) is 11.9 Å². The van der Waals surface area contributed by atoms with Crippen LogP contribution in [-0.2, 0) is 11.8 Å². The van der Waals surface area contributed by atoms with Gasteiger partial charge < -0.3 is 9.64 Å². The smallest absolute Gasteiger partial charge is 0.130 e. The van der Waals surface area contributed by atoms with Crippen molar-refractivity contribution in [3.63, 3.8) is 0 Å². The van der Waals surface area contributed by atoms with Gasteiger partial charge in [0.05, 0.1) is 0 Å². The maximum absolute atomic E-state index is 6.57. The highest BCUT2D eigenvalue weighted by Gasteiger charge is 2.62. The van der Waals surface area contributed by atoms with Gasteiger partial charge in [-0.15, -0.1) is 0 Å². The highest BCUT2D eigenvalue weighted by molar-refractivity contribution is 5.59. The third kappa shape index (κ3) is 1.25. The number of benzene rings is 1. The Morgan fingerprint density at radius 2 is 2.14 bits per heavy atom. The summed E-state index contributed by atoms with van der Waals surface area (Å²) in [6.07, 6.45) is 6.43. The summed E-state index contributed by atoms with van der Waals surface area (Å²) in [5.41, 5.74) is 6.19. The molecule has 0 aromatic heterocycles. The number of likely N-dealkylation sites (tertiary alicyclic amines) is 1. The summed E-state index contributed by atoms with van der Waals surface area (Å²) >= 11 is 0. The van der Waals surface area contributed by atoms with Crippen molar-refractivity contribution in [1.29, 1.82) is 0 Å². The molecule has 2 aliphatic heterocycles. The second-order valence-electron chi connectivity index (χ2n) is 7.58. The van der Waals surface area contributed by atoms with E-state index in [1.807, 2.05) is 0 Å². The first kappa shape index (κ1) is 12.3. The number of piperidine rings is 1. The van der Waals surface area contributed by atoms with E-state index in [9.17, 15) is 0 Å². The van der Waals surface area contributed by atoms with Gasteiger partial charge in [-0.05, 0) is 69.3 Å². The first-order valence-electron chi connectivity index (χ1n) is 8.29. The molecule has 1 aromatic rings. The molecule has 2 aliphatic carbocycles. The van der Waals surface area contributed by atoms with Gasteiger partial charge in [0.15, 0.2) is 0 Å². The SMILES string of the molecule is CC1=CCC2C3Cc4ccc(C)c5c4C2(CCN3C)C1O5. The van der Waals surface area contributed by atoms with Gasteiger partial charge in [0.2, 0.25) is 0 Å². The number of aryl methyl sites for hydroxylation is 1. The Morgan fingerprint density at radius 3 is 3.00 bits per heavy atom. The van der Waals surface area contributed by atoms with Crippen LogP contribution in [-0.4, -0.2) is 30.6 Å². The van der Waals surface area contributed by atoms with Crippen LogP contribution < -0.4 is 4.74 Å². The molecule has 1 saturated heterocycles. The normalized spacial score (nSPS) is 39.6. The Bertz CT molecular complexity index is 676. The van der Waals surface area contributed by atoms with Crippen LogP contribution in [0.1, 0.15) is 36.5 Å². The third-order valence-electron chi connectivity index (χ3n) is 6.72. The number of rotatable bonds is 0. The van der Waals surface area contributed by atoms with Gasteiger partial charge in [-0.2, -0.15) is 0 Å². The molecule has 2 heterocycles.